The number of aliphatic hydroxyl groups is 1. The van der Waals surface area contributed by atoms with Gasteiger partial charge in [0, 0.05) is 43.4 Å². The number of ketones is 2. The summed E-state index contributed by atoms with van der Waals surface area (Å²) < 4.78 is 21.8. The molecule has 1 saturated carbocycles. The van der Waals surface area contributed by atoms with Crippen molar-refractivity contribution in [3.05, 3.63) is 0 Å². The lowest BCUT2D eigenvalue weighted by Crippen LogP contribution is -2.44. The highest BCUT2D eigenvalue weighted by Crippen LogP contribution is 2.35. The molecule has 0 radical (unpaired) electrons. The number of amides is 3. The zero-order chi connectivity index (χ0) is 30.4. The lowest BCUT2D eigenvalue weighted by molar-refractivity contribution is -0.145. The molecule has 3 aliphatic rings. The number of urea groups is 1. The maximum absolute atomic E-state index is 12.2. The lowest BCUT2D eigenvalue weighted by atomic mass is 9.70. The second-order valence-corrected chi connectivity index (χ2v) is 13.2. The minimum absolute atomic E-state index is 0.0264. The molecule has 1 aliphatic carbocycles. The predicted octanol–water partition coefficient (Wildman–Crippen LogP) is 1.22. The van der Waals surface area contributed by atoms with Gasteiger partial charge in [-0.3, -0.25) is 14.4 Å². The van der Waals surface area contributed by atoms with Crippen molar-refractivity contribution in [2.24, 2.45) is 11.3 Å². The normalized spacial score (nSPS) is 24.4. The summed E-state index contributed by atoms with van der Waals surface area (Å²) in [6.45, 7) is 7.34. The third-order valence-electron chi connectivity index (χ3n) is 7.71. The monoisotopic (exact) mass is 615 g/mol. The van der Waals surface area contributed by atoms with Crippen LogP contribution < -0.4 is 16.0 Å². The molecule has 0 aromatic carbocycles. The van der Waals surface area contributed by atoms with Crippen LogP contribution in [0.15, 0.2) is 0 Å². The molecular weight excluding hydrogens is 566 g/mol. The highest BCUT2D eigenvalue weighted by Gasteiger charge is 2.43. The van der Waals surface area contributed by atoms with Gasteiger partial charge >= 0.3 is 6.03 Å². The number of ether oxygens (including phenoxy) is 4. The number of nitrogens with one attached hydrogen (secondary N) is 3. The van der Waals surface area contributed by atoms with Crippen LogP contribution >= 0.6 is 11.8 Å². The number of carbonyl (C=O) groups is 4. The van der Waals surface area contributed by atoms with Crippen LogP contribution in [0.3, 0.4) is 0 Å². The van der Waals surface area contributed by atoms with Gasteiger partial charge in [-0.25, -0.2) is 4.79 Å². The first kappa shape index (κ1) is 34.7. The average Bonchev–Trinajstić information content (AvgIpc) is 3.46. The molecule has 4 atom stereocenters. The molecule has 2 saturated heterocycles. The van der Waals surface area contributed by atoms with Gasteiger partial charge in [0.1, 0.15) is 17.5 Å². The number of Topliss-reactive ketones (excluding diaryl/α,β-unsaturated/α-hetero) is 2. The minimum Gasteiger partial charge on any atom is -0.392 e. The third-order valence-corrected chi connectivity index (χ3v) is 9.22. The number of hydrogen-bond donors (Lipinski definition) is 4. The van der Waals surface area contributed by atoms with E-state index in [-0.39, 0.29) is 54.0 Å². The van der Waals surface area contributed by atoms with Gasteiger partial charge in [0.05, 0.1) is 64.4 Å². The van der Waals surface area contributed by atoms with Crippen molar-refractivity contribution in [3.8, 4) is 0 Å². The van der Waals surface area contributed by atoms with Crippen LogP contribution in [0.5, 0.6) is 0 Å². The first-order chi connectivity index (χ1) is 20.2. The summed E-state index contributed by atoms with van der Waals surface area (Å²) >= 11 is 1.89. The summed E-state index contributed by atoms with van der Waals surface area (Å²) in [5.41, 5.74) is -0.328. The van der Waals surface area contributed by atoms with Crippen molar-refractivity contribution in [2.45, 2.75) is 82.2 Å². The molecule has 4 N–H and O–H groups in total. The second-order valence-electron chi connectivity index (χ2n) is 12.0. The van der Waals surface area contributed by atoms with Crippen molar-refractivity contribution in [2.75, 3.05) is 65.2 Å². The van der Waals surface area contributed by atoms with Crippen LogP contribution in [-0.4, -0.2) is 117 Å². The Morgan fingerprint density at radius 3 is 2.17 bits per heavy atom. The second kappa shape index (κ2) is 18.1. The Labute approximate surface area is 253 Å². The number of rotatable bonds is 21. The quantitative estimate of drug-likeness (QED) is 0.0840. The van der Waals surface area contributed by atoms with E-state index < -0.39 is 12.0 Å². The van der Waals surface area contributed by atoms with Gasteiger partial charge in [-0.2, -0.15) is 11.8 Å². The molecule has 1 unspecified atom stereocenters. The van der Waals surface area contributed by atoms with Gasteiger partial charge in [-0.15, -0.1) is 0 Å². The molecule has 0 aromatic heterocycles. The molecule has 2 heterocycles. The summed E-state index contributed by atoms with van der Waals surface area (Å²) in [4.78, 5) is 47.9. The Morgan fingerprint density at radius 2 is 1.52 bits per heavy atom. The van der Waals surface area contributed by atoms with Crippen molar-refractivity contribution in [1.82, 2.24) is 16.0 Å². The summed E-state index contributed by atoms with van der Waals surface area (Å²) in [7, 11) is 0. The van der Waals surface area contributed by atoms with Crippen LogP contribution in [0.4, 0.5) is 4.79 Å². The van der Waals surface area contributed by atoms with E-state index in [1.807, 2.05) is 25.6 Å². The number of unbranched alkanes of at least 4 members (excludes halogenated alkanes) is 1. The maximum atomic E-state index is 12.2. The van der Waals surface area contributed by atoms with Crippen molar-refractivity contribution >= 4 is 35.3 Å². The first-order valence-corrected chi connectivity index (χ1v) is 16.2. The molecule has 12 nitrogen and oxygen atoms in total. The maximum Gasteiger partial charge on any atom is 0.315 e. The number of hydrogen-bond acceptors (Lipinski definition) is 10. The number of fused-ring (bicyclic) bond motifs is 1. The van der Waals surface area contributed by atoms with Crippen molar-refractivity contribution in [3.63, 3.8) is 0 Å². The fourth-order valence-electron chi connectivity index (χ4n) is 5.59. The fraction of sp³-hybridized carbons (Fsp3) is 0.862. The highest BCUT2D eigenvalue weighted by molar-refractivity contribution is 8.00. The van der Waals surface area contributed by atoms with E-state index in [2.05, 4.69) is 16.0 Å². The third kappa shape index (κ3) is 12.1. The topological polar surface area (TPSA) is 162 Å². The molecule has 0 bridgehead atoms. The van der Waals surface area contributed by atoms with Crippen LogP contribution in [-0.2, 0) is 33.3 Å². The molecular formula is C29H49N3O9S. The van der Waals surface area contributed by atoms with Gasteiger partial charge in [0.2, 0.25) is 5.91 Å². The molecule has 42 heavy (non-hydrogen) atoms. The Hall–Kier alpha value is -1.77. The molecule has 240 valence electrons. The number of thioether (sulfide) groups is 1. The summed E-state index contributed by atoms with van der Waals surface area (Å²) in [6, 6.07) is 0.385. The summed E-state index contributed by atoms with van der Waals surface area (Å²) in [6.07, 6.45) is 3.14. The summed E-state index contributed by atoms with van der Waals surface area (Å²) in [5, 5.41) is 19.5. The molecule has 13 heteroatoms. The number of aliphatic hydroxyl groups excluding tert-OH is 1. The molecule has 0 spiro atoms. The van der Waals surface area contributed by atoms with E-state index >= 15 is 0 Å². The van der Waals surface area contributed by atoms with Gasteiger partial charge in [-0.1, -0.05) is 20.3 Å². The van der Waals surface area contributed by atoms with Crippen LogP contribution in [0.1, 0.15) is 58.8 Å². The van der Waals surface area contributed by atoms with Crippen LogP contribution in [0, 0.1) is 11.3 Å². The van der Waals surface area contributed by atoms with Crippen molar-refractivity contribution in [1.29, 1.82) is 0 Å². The fourth-order valence-corrected chi connectivity index (χ4v) is 7.14. The minimum atomic E-state index is -1.00. The van der Waals surface area contributed by atoms with Crippen LogP contribution in [0.2, 0.25) is 0 Å². The SMILES string of the molecule is CC1(C)CC(=O)C(C(O)CCOCCOCCOCCOCCNC(=O)CCCC[C@@H]2SC[C@@H]3NC(=O)N[C@@H]32)C(=O)C1. The molecule has 0 aromatic rings. The Balaban J connectivity index is 1.03. The largest absolute Gasteiger partial charge is 0.392 e. The van der Waals surface area contributed by atoms with Gasteiger partial charge in [0.25, 0.3) is 0 Å². The predicted molar refractivity (Wildman–Crippen MR) is 157 cm³/mol. The van der Waals surface area contributed by atoms with Crippen molar-refractivity contribution < 1.29 is 43.2 Å². The van der Waals surface area contributed by atoms with E-state index in [1.165, 1.54) is 0 Å². The molecule has 3 fully saturated rings. The highest BCUT2D eigenvalue weighted by atomic mass is 32.2. The van der Waals surface area contributed by atoms with E-state index in [1.54, 1.807) is 0 Å². The zero-order valence-electron chi connectivity index (χ0n) is 25.0. The molecule has 2 aliphatic heterocycles. The molecule has 3 rings (SSSR count). The van der Waals surface area contributed by atoms with Gasteiger partial charge in [0.15, 0.2) is 0 Å². The Kier molecular flexibility index (Phi) is 15.0. The first-order valence-electron chi connectivity index (χ1n) is 15.2. The van der Waals surface area contributed by atoms with Gasteiger partial charge in [-0.05, 0) is 24.7 Å². The Bertz CT molecular complexity index is 870. The van der Waals surface area contributed by atoms with E-state index in [4.69, 9.17) is 18.9 Å². The van der Waals surface area contributed by atoms with Crippen LogP contribution in [0.25, 0.3) is 0 Å². The van der Waals surface area contributed by atoms with E-state index in [0.29, 0.717) is 77.3 Å². The molecule has 3 amide bonds. The lowest BCUT2D eigenvalue weighted by Gasteiger charge is -2.33. The Morgan fingerprint density at radius 1 is 0.929 bits per heavy atom. The summed E-state index contributed by atoms with van der Waals surface area (Å²) in [5.74, 6) is -0.309. The van der Waals surface area contributed by atoms with E-state index in [0.717, 1.165) is 25.0 Å². The smallest absolute Gasteiger partial charge is 0.315 e. The standard InChI is InChI=1S/C29H49N3O9S/c1-29(2)17-22(34)26(23(35)18-29)21(33)7-9-38-11-13-40-15-16-41-14-12-39-10-8-30-25(36)6-4-3-5-24-27-20(19-42-24)31-28(37)32-27/h20-21,24,26-27,33H,3-19H2,1-2H3,(H,30,36)(H2,31,32,37)/t20-,21?,24-,27-/m0/s1. The average molecular weight is 616 g/mol. The number of carbonyl (C=O) groups excluding carboxylic acids is 4. The van der Waals surface area contributed by atoms with Gasteiger partial charge < -0.3 is 40.0 Å². The zero-order valence-corrected chi connectivity index (χ0v) is 25.8. The van der Waals surface area contributed by atoms with E-state index in [9.17, 15) is 24.3 Å².